The summed E-state index contributed by atoms with van der Waals surface area (Å²) in [5, 5.41) is 9.47. The highest BCUT2D eigenvalue weighted by Crippen LogP contribution is 2.42. The third-order valence-electron chi connectivity index (χ3n) is 10.3. The maximum atomic E-state index is 12.6. The van der Waals surface area contributed by atoms with Crippen molar-refractivity contribution in [2.75, 3.05) is 32.1 Å². The highest BCUT2D eigenvalue weighted by molar-refractivity contribution is 5.98. The third kappa shape index (κ3) is 7.65. The van der Waals surface area contributed by atoms with Crippen LogP contribution >= 0.6 is 0 Å². The van der Waals surface area contributed by atoms with Crippen LogP contribution in [0, 0.1) is 0 Å². The Bertz CT molecular complexity index is 2330. The average Bonchev–Trinajstić information content (AvgIpc) is 3.92. The van der Waals surface area contributed by atoms with Gasteiger partial charge in [-0.15, -0.1) is 0 Å². The number of carbonyl (C=O) groups excluding carboxylic acids is 1. The molecule has 1 amide bonds. The molecule has 0 spiro atoms. The quantitative estimate of drug-likeness (QED) is 0.170. The van der Waals surface area contributed by atoms with Crippen LogP contribution in [-0.2, 0) is 9.47 Å². The maximum absolute atomic E-state index is 12.6. The van der Waals surface area contributed by atoms with Gasteiger partial charge in [-0.25, -0.2) is 14.8 Å². The SMILES string of the molecule is COc1ccc2nc(-c3cc(-c4cnn(C5CCN(C(=O)OC(C)(C)C)CC5)c4)cnc3NC(C)(C)C)oc2c1-c1ccc2ccn(C3CCCCO3)c2c1. The predicted octanol–water partition coefficient (Wildman–Crippen LogP) is 9.87. The molecular formula is C43H51N7O5. The minimum absolute atomic E-state index is 0.0221. The Morgan fingerprint density at radius 1 is 0.927 bits per heavy atom. The normalized spacial score (nSPS) is 17.2. The van der Waals surface area contributed by atoms with Gasteiger partial charge in [-0.2, -0.15) is 5.10 Å². The van der Waals surface area contributed by atoms with Crippen molar-refractivity contribution in [1.29, 1.82) is 0 Å². The number of amides is 1. The topological polar surface area (TPSA) is 122 Å². The van der Waals surface area contributed by atoms with E-state index < -0.39 is 5.60 Å². The number of hydrogen-bond donors (Lipinski definition) is 1. The van der Waals surface area contributed by atoms with Gasteiger partial charge < -0.3 is 33.4 Å². The van der Waals surface area contributed by atoms with Crippen molar-refractivity contribution in [3.8, 4) is 39.5 Å². The lowest BCUT2D eigenvalue weighted by Gasteiger charge is -2.33. The predicted molar refractivity (Wildman–Crippen MR) is 214 cm³/mol. The summed E-state index contributed by atoms with van der Waals surface area (Å²) in [6.07, 6.45) is 12.5. The van der Waals surface area contributed by atoms with Crippen LogP contribution < -0.4 is 10.1 Å². The highest BCUT2D eigenvalue weighted by Gasteiger charge is 2.29. The molecule has 6 heterocycles. The van der Waals surface area contributed by atoms with Gasteiger partial charge in [-0.3, -0.25) is 4.68 Å². The fraction of sp³-hybridized carbons (Fsp3) is 0.442. The summed E-state index contributed by atoms with van der Waals surface area (Å²) < 4.78 is 28.7. The van der Waals surface area contributed by atoms with E-state index in [0.29, 0.717) is 36.1 Å². The van der Waals surface area contributed by atoms with E-state index in [2.05, 4.69) is 73.4 Å². The van der Waals surface area contributed by atoms with E-state index in [1.54, 1.807) is 12.0 Å². The Balaban J connectivity index is 1.13. The lowest BCUT2D eigenvalue weighted by atomic mass is 10.0. The number of ether oxygens (including phenoxy) is 3. The Hall–Kier alpha value is -5.36. The minimum atomic E-state index is -0.519. The van der Waals surface area contributed by atoms with Crippen LogP contribution in [0.25, 0.3) is 55.7 Å². The van der Waals surface area contributed by atoms with Gasteiger partial charge in [0.2, 0.25) is 5.89 Å². The summed E-state index contributed by atoms with van der Waals surface area (Å²) in [7, 11) is 1.68. The van der Waals surface area contributed by atoms with E-state index in [1.165, 1.54) is 0 Å². The summed E-state index contributed by atoms with van der Waals surface area (Å²) in [6.45, 7) is 14.0. The van der Waals surface area contributed by atoms with Crippen LogP contribution in [0.5, 0.6) is 5.75 Å². The Morgan fingerprint density at radius 3 is 2.47 bits per heavy atom. The zero-order chi connectivity index (χ0) is 38.5. The summed E-state index contributed by atoms with van der Waals surface area (Å²) in [5.74, 6) is 1.82. The van der Waals surface area contributed by atoms with Gasteiger partial charge in [-0.1, -0.05) is 12.1 Å². The molecule has 4 aromatic heterocycles. The van der Waals surface area contributed by atoms with E-state index in [9.17, 15) is 4.79 Å². The summed E-state index contributed by atoms with van der Waals surface area (Å²) in [4.78, 5) is 24.4. The molecule has 8 rings (SSSR count). The maximum Gasteiger partial charge on any atom is 0.410 e. The van der Waals surface area contributed by atoms with Gasteiger partial charge in [0.05, 0.1) is 36.0 Å². The van der Waals surface area contributed by atoms with Gasteiger partial charge in [0, 0.05) is 55.0 Å². The molecule has 12 heteroatoms. The summed E-state index contributed by atoms with van der Waals surface area (Å²) in [6, 6.07) is 14.7. The molecule has 2 saturated heterocycles. The molecule has 288 valence electrons. The van der Waals surface area contributed by atoms with Crippen LogP contribution in [-0.4, -0.2) is 73.3 Å². The van der Waals surface area contributed by atoms with E-state index in [1.807, 2.05) is 50.0 Å². The van der Waals surface area contributed by atoms with Crippen LogP contribution in [0.2, 0.25) is 0 Å². The molecule has 12 nitrogen and oxygen atoms in total. The standard InChI is InChI=1S/C43H51N7O5/c1-42(2,3)47-39-32(22-29(24-44-39)30-25-45-50(26-30)31-16-18-48(19-17-31)41(51)55-43(4,5)6)40-46-33-13-14-35(52-7)37(38(33)54-40)28-12-11-27-15-20-49(34(27)23-28)36-10-8-9-21-53-36/h11-15,20,22-26,31,36H,8-10,16-19,21H2,1-7H3,(H,44,47). The first-order chi connectivity index (χ1) is 26.3. The van der Waals surface area contributed by atoms with Gasteiger partial charge in [0.1, 0.15) is 28.9 Å². The third-order valence-corrected chi connectivity index (χ3v) is 10.3. The number of likely N-dealkylation sites (tertiary alicyclic amines) is 1. The molecule has 2 fully saturated rings. The van der Waals surface area contributed by atoms with E-state index >= 15 is 0 Å². The molecule has 0 radical (unpaired) electrons. The van der Waals surface area contributed by atoms with E-state index in [4.69, 9.17) is 33.7 Å². The molecule has 1 unspecified atom stereocenters. The molecule has 0 aliphatic carbocycles. The fourth-order valence-corrected chi connectivity index (χ4v) is 7.60. The molecular weight excluding hydrogens is 695 g/mol. The Morgan fingerprint density at radius 2 is 1.75 bits per heavy atom. The number of anilines is 1. The molecule has 55 heavy (non-hydrogen) atoms. The molecule has 2 aliphatic rings. The number of aromatic nitrogens is 5. The van der Waals surface area contributed by atoms with Gasteiger partial charge >= 0.3 is 6.09 Å². The number of oxazole rings is 1. The van der Waals surface area contributed by atoms with Crippen molar-refractivity contribution in [1.82, 2.24) is 29.2 Å². The molecule has 0 saturated carbocycles. The van der Waals surface area contributed by atoms with E-state index in [0.717, 1.165) is 82.9 Å². The van der Waals surface area contributed by atoms with Crippen molar-refractivity contribution in [3.05, 3.63) is 67.3 Å². The number of nitrogens with zero attached hydrogens (tertiary/aromatic N) is 6. The first kappa shape index (κ1) is 36.6. The van der Waals surface area contributed by atoms with Gasteiger partial charge in [0.15, 0.2) is 5.58 Å². The van der Waals surface area contributed by atoms with E-state index in [-0.39, 0.29) is 23.9 Å². The first-order valence-corrected chi connectivity index (χ1v) is 19.3. The number of hydrogen-bond acceptors (Lipinski definition) is 9. The van der Waals surface area contributed by atoms with Crippen LogP contribution in [0.1, 0.15) is 85.9 Å². The number of benzene rings is 2. The van der Waals surface area contributed by atoms with Gasteiger partial charge in [0.25, 0.3) is 0 Å². The zero-order valence-corrected chi connectivity index (χ0v) is 32.9. The second-order valence-electron chi connectivity index (χ2n) is 16.7. The number of piperidine rings is 1. The average molecular weight is 746 g/mol. The van der Waals surface area contributed by atoms with Crippen molar-refractivity contribution >= 4 is 33.9 Å². The molecule has 0 bridgehead atoms. The fourth-order valence-electron chi connectivity index (χ4n) is 7.60. The summed E-state index contributed by atoms with van der Waals surface area (Å²) in [5.41, 5.74) is 6.05. The molecule has 1 N–H and O–H groups in total. The largest absolute Gasteiger partial charge is 0.496 e. The number of methoxy groups -OCH3 is 1. The minimum Gasteiger partial charge on any atom is -0.496 e. The summed E-state index contributed by atoms with van der Waals surface area (Å²) >= 11 is 0. The number of pyridine rings is 1. The monoisotopic (exact) mass is 745 g/mol. The van der Waals surface area contributed by atoms with Crippen molar-refractivity contribution in [2.24, 2.45) is 0 Å². The second-order valence-corrected chi connectivity index (χ2v) is 16.7. The zero-order valence-electron chi connectivity index (χ0n) is 32.9. The molecule has 2 aliphatic heterocycles. The van der Waals surface area contributed by atoms with Crippen molar-refractivity contribution in [2.45, 2.75) is 97.1 Å². The lowest BCUT2D eigenvalue weighted by Crippen LogP contribution is -2.42. The Labute approximate surface area is 321 Å². The number of rotatable bonds is 7. The Kier molecular flexibility index (Phi) is 9.57. The highest BCUT2D eigenvalue weighted by atomic mass is 16.6. The lowest BCUT2D eigenvalue weighted by molar-refractivity contribution is -0.0291. The van der Waals surface area contributed by atoms with Crippen LogP contribution in [0.15, 0.2) is 71.7 Å². The second kappa shape index (κ2) is 14.4. The number of fused-ring (bicyclic) bond motifs is 2. The molecule has 1 atom stereocenters. The molecule has 2 aromatic carbocycles. The molecule has 6 aromatic rings. The van der Waals surface area contributed by atoms with Gasteiger partial charge in [-0.05, 0) is 115 Å². The number of carbonyl (C=O) groups is 1. The van der Waals surface area contributed by atoms with Crippen molar-refractivity contribution < 1.29 is 23.4 Å². The van der Waals surface area contributed by atoms with Crippen molar-refractivity contribution in [3.63, 3.8) is 0 Å². The first-order valence-electron chi connectivity index (χ1n) is 19.3. The van der Waals surface area contributed by atoms with Crippen LogP contribution in [0.3, 0.4) is 0 Å². The van der Waals surface area contributed by atoms with Crippen LogP contribution in [0.4, 0.5) is 10.6 Å². The number of nitrogens with one attached hydrogen (secondary N) is 1. The smallest absolute Gasteiger partial charge is 0.410 e.